The van der Waals surface area contributed by atoms with Crippen LogP contribution < -0.4 is 49.1 Å². The van der Waals surface area contributed by atoms with Crippen molar-refractivity contribution >= 4 is 48.5 Å². The predicted octanol–water partition coefficient (Wildman–Crippen LogP) is -0.185. The number of rotatable bonds is 29. The molecule has 0 saturated heterocycles. The number of carbonyl (C=O) groups excluding carboxylic acids is 7. The highest BCUT2D eigenvalue weighted by atomic mass is 16.4. The van der Waals surface area contributed by atoms with E-state index in [9.17, 15) is 43.6 Å². The molecule has 0 aliphatic rings. The highest BCUT2D eigenvalue weighted by Crippen LogP contribution is 2.21. The van der Waals surface area contributed by atoms with E-state index in [2.05, 4.69) is 63.1 Å². The van der Waals surface area contributed by atoms with E-state index >= 15 is 0 Å². The Bertz CT molecular complexity index is 1710. The first-order valence-electron chi connectivity index (χ1n) is 21.2. The number of hydrogen-bond donors (Lipinski definition) is 11. The Balaban J connectivity index is 2.05. The standard InChI is InChI=1S/C42H66BN9O9/c1-4-6-10-28-13-15-29(16-14-28)30-17-19-31(20-18-30)38(55)47-26-23-37(54)49-33(12-9-25-45)41(58)52-35(21-22-36(46)53)42(59)50-32(5-2)39(56)51-34(11-7-8-24-44)40(57)48-27(3)43(60)61/h13-20,27,32-35,60-61H,4-12,21-26,44-45H2,1-3H3,(H2,46,53)(H,47,55)(H,48,57)(H,49,54)(H,50,59)(H,51,56)(H,52,58)/t27-,32-,33-,34-,35-/m0/s1. The van der Waals surface area contributed by atoms with Crippen LogP contribution in [0.5, 0.6) is 0 Å². The van der Waals surface area contributed by atoms with Crippen molar-refractivity contribution in [1.29, 1.82) is 0 Å². The summed E-state index contributed by atoms with van der Waals surface area (Å²) in [5.41, 5.74) is 20.3. The smallest absolute Gasteiger partial charge is 0.426 e. The van der Waals surface area contributed by atoms with Gasteiger partial charge in [-0.3, -0.25) is 33.6 Å². The van der Waals surface area contributed by atoms with E-state index in [1.54, 1.807) is 19.1 Å². The van der Waals surface area contributed by atoms with Gasteiger partial charge in [0.05, 0.1) is 5.94 Å². The highest BCUT2D eigenvalue weighted by Gasteiger charge is 2.32. The minimum atomic E-state index is -1.84. The Hall–Kier alpha value is -5.37. The summed E-state index contributed by atoms with van der Waals surface area (Å²) in [6.07, 6.45) is 4.31. The maximum absolute atomic E-state index is 13.6. The van der Waals surface area contributed by atoms with E-state index in [0.717, 1.165) is 30.4 Å². The number of hydrogen-bond acceptors (Lipinski definition) is 11. The average Bonchev–Trinajstić information content (AvgIpc) is 3.24. The number of benzene rings is 2. The zero-order chi connectivity index (χ0) is 45.3. The zero-order valence-electron chi connectivity index (χ0n) is 35.7. The molecule has 0 heterocycles. The molecule has 0 bridgehead atoms. The van der Waals surface area contributed by atoms with Gasteiger partial charge < -0.3 is 59.1 Å². The third kappa shape index (κ3) is 19.3. The summed E-state index contributed by atoms with van der Waals surface area (Å²) >= 11 is 0. The van der Waals surface area contributed by atoms with Gasteiger partial charge in [0, 0.05) is 24.9 Å². The fraction of sp³-hybridized carbons (Fsp3) is 0.548. The SMILES string of the molecule is CCCCc1ccc(-c2ccc(C(=O)NCCC(=O)N[C@@H](CCCN)C(=O)N[C@@H](CCC(N)=O)C(=O)N[C@@H](CC)C(=O)N[C@@H](CCCCN)C(=O)N[C@@H](C)B(O)O)cc2)cc1. The lowest BCUT2D eigenvalue weighted by molar-refractivity contribution is -0.135. The predicted molar refractivity (Wildman–Crippen MR) is 233 cm³/mol. The van der Waals surface area contributed by atoms with Crippen molar-refractivity contribution in [3.8, 4) is 11.1 Å². The Kier molecular flexibility index (Phi) is 23.9. The molecule has 0 saturated carbocycles. The highest BCUT2D eigenvalue weighted by molar-refractivity contribution is 6.43. The minimum Gasteiger partial charge on any atom is -0.426 e. The van der Waals surface area contributed by atoms with Gasteiger partial charge in [-0.15, -0.1) is 0 Å². The normalized spacial score (nSPS) is 13.4. The molecule has 336 valence electrons. The topological polar surface area (TPSA) is 310 Å². The summed E-state index contributed by atoms with van der Waals surface area (Å²) in [5, 5.41) is 34.3. The lowest BCUT2D eigenvalue weighted by Crippen LogP contribution is -2.59. The molecule has 18 nitrogen and oxygen atoms in total. The Labute approximate surface area is 358 Å². The molecule has 0 unspecified atom stereocenters. The lowest BCUT2D eigenvalue weighted by atomic mass is 9.81. The van der Waals surface area contributed by atoms with Crippen molar-refractivity contribution in [2.24, 2.45) is 17.2 Å². The van der Waals surface area contributed by atoms with Gasteiger partial charge in [-0.2, -0.15) is 0 Å². The molecule has 0 aliphatic heterocycles. The molecule has 5 atom stereocenters. The first-order valence-corrected chi connectivity index (χ1v) is 21.2. The fourth-order valence-electron chi connectivity index (χ4n) is 6.19. The summed E-state index contributed by atoms with van der Waals surface area (Å²) < 4.78 is 0. The van der Waals surface area contributed by atoms with Gasteiger partial charge in [-0.05, 0) is 107 Å². The number of nitrogens with one attached hydrogen (secondary N) is 6. The zero-order valence-corrected chi connectivity index (χ0v) is 35.7. The maximum Gasteiger partial charge on any atom is 0.475 e. The lowest BCUT2D eigenvalue weighted by Gasteiger charge is -2.26. The van der Waals surface area contributed by atoms with Crippen LogP contribution in [0.4, 0.5) is 0 Å². The molecule has 14 N–H and O–H groups in total. The maximum atomic E-state index is 13.6. The van der Waals surface area contributed by atoms with E-state index in [0.29, 0.717) is 31.4 Å². The molecule has 0 spiro atoms. The third-order valence-corrected chi connectivity index (χ3v) is 9.99. The van der Waals surface area contributed by atoms with E-state index in [1.165, 1.54) is 12.5 Å². The Morgan fingerprint density at radius 1 is 0.623 bits per heavy atom. The van der Waals surface area contributed by atoms with Crippen LogP contribution in [0.15, 0.2) is 48.5 Å². The van der Waals surface area contributed by atoms with Crippen LogP contribution in [-0.2, 0) is 35.2 Å². The van der Waals surface area contributed by atoms with E-state index in [1.807, 2.05) is 12.1 Å². The summed E-state index contributed by atoms with van der Waals surface area (Å²) in [6.45, 7) is 5.66. The van der Waals surface area contributed by atoms with Crippen molar-refractivity contribution < 1.29 is 43.6 Å². The molecular formula is C42H66BN9O9. The molecule has 0 fully saturated rings. The van der Waals surface area contributed by atoms with Gasteiger partial charge in [0.2, 0.25) is 35.4 Å². The summed E-state index contributed by atoms with van der Waals surface area (Å²) in [4.78, 5) is 91.0. The first kappa shape index (κ1) is 51.8. The average molecular weight is 852 g/mol. The summed E-state index contributed by atoms with van der Waals surface area (Å²) in [5.74, 6) is -5.67. The third-order valence-electron chi connectivity index (χ3n) is 9.99. The van der Waals surface area contributed by atoms with Crippen LogP contribution in [-0.4, -0.2) is 108 Å². The number of amides is 7. The van der Waals surface area contributed by atoms with Gasteiger partial charge in [0.25, 0.3) is 5.91 Å². The van der Waals surface area contributed by atoms with Crippen molar-refractivity contribution in [1.82, 2.24) is 31.9 Å². The van der Waals surface area contributed by atoms with Gasteiger partial charge in [0.1, 0.15) is 24.2 Å². The van der Waals surface area contributed by atoms with Crippen molar-refractivity contribution in [3.63, 3.8) is 0 Å². The molecule has 19 heteroatoms. The van der Waals surface area contributed by atoms with E-state index < -0.39 is 72.7 Å². The second-order valence-electron chi connectivity index (χ2n) is 15.0. The van der Waals surface area contributed by atoms with Gasteiger partial charge in [-0.25, -0.2) is 0 Å². The molecule has 7 amide bonds. The van der Waals surface area contributed by atoms with Crippen LogP contribution in [0.3, 0.4) is 0 Å². The van der Waals surface area contributed by atoms with Crippen molar-refractivity contribution in [3.05, 3.63) is 59.7 Å². The summed E-state index contributed by atoms with van der Waals surface area (Å²) in [6, 6.07) is 10.7. The van der Waals surface area contributed by atoms with Crippen LogP contribution >= 0.6 is 0 Å². The van der Waals surface area contributed by atoms with Gasteiger partial charge >= 0.3 is 7.12 Å². The van der Waals surface area contributed by atoms with Crippen LogP contribution in [0, 0.1) is 0 Å². The largest absolute Gasteiger partial charge is 0.475 e. The van der Waals surface area contributed by atoms with Crippen molar-refractivity contribution in [2.45, 2.75) is 128 Å². The van der Waals surface area contributed by atoms with E-state index in [4.69, 9.17) is 17.2 Å². The molecule has 0 aromatic heterocycles. The molecule has 0 aliphatic carbocycles. The van der Waals surface area contributed by atoms with Crippen LogP contribution in [0.25, 0.3) is 11.1 Å². The fourth-order valence-corrected chi connectivity index (χ4v) is 6.19. The number of unbranched alkanes of at least 4 members (excludes halogenated alkanes) is 2. The summed E-state index contributed by atoms with van der Waals surface area (Å²) in [7, 11) is -1.84. The van der Waals surface area contributed by atoms with Gasteiger partial charge in [-0.1, -0.05) is 56.7 Å². The Morgan fingerprint density at radius 2 is 1.13 bits per heavy atom. The van der Waals surface area contributed by atoms with E-state index in [-0.39, 0.29) is 57.5 Å². The first-order chi connectivity index (χ1) is 29.1. The van der Waals surface area contributed by atoms with Crippen molar-refractivity contribution in [2.75, 3.05) is 19.6 Å². The Morgan fingerprint density at radius 3 is 1.67 bits per heavy atom. The number of primary amides is 1. The minimum absolute atomic E-state index is 0.0288. The number of carbonyl (C=O) groups is 7. The van der Waals surface area contributed by atoms with Crippen LogP contribution in [0.2, 0.25) is 0 Å². The molecule has 61 heavy (non-hydrogen) atoms. The monoisotopic (exact) mass is 852 g/mol. The molecule has 2 aromatic carbocycles. The van der Waals surface area contributed by atoms with Crippen LogP contribution in [0.1, 0.15) is 107 Å². The van der Waals surface area contributed by atoms with Gasteiger partial charge in [0.15, 0.2) is 0 Å². The molecule has 0 radical (unpaired) electrons. The second kappa shape index (κ2) is 28.2. The molecule has 2 aromatic rings. The second-order valence-corrected chi connectivity index (χ2v) is 15.0. The number of aryl methyl sites for hydroxylation is 1. The molecule has 2 rings (SSSR count). The number of nitrogens with two attached hydrogens (primary N) is 3. The quantitative estimate of drug-likeness (QED) is 0.0377. The molecular weight excluding hydrogens is 785 g/mol.